The Morgan fingerprint density at radius 3 is 2.44 bits per heavy atom. The summed E-state index contributed by atoms with van der Waals surface area (Å²) in [7, 11) is 3.10. The quantitative estimate of drug-likeness (QED) is 0.681. The van der Waals surface area contributed by atoms with Crippen LogP contribution in [0.2, 0.25) is 10.0 Å². The number of thioether (sulfide) groups is 1. The van der Waals surface area contributed by atoms with Gasteiger partial charge in [0.2, 0.25) is 11.8 Å². The van der Waals surface area contributed by atoms with E-state index in [2.05, 4.69) is 5.32 Å². The van der Waals surface area contributed by atoms with Crippen molar-refractivity contribution in [1.82, 2.24) is 4.90 Å². The van der Waals surface area contributed by atoms with Gasteiger partial charge in [-0.05, 0) is 35.9 Å². The largest absolute Gasteiger partial charge is 0.495 e. The number of likely N-dealkylation sites (N-methyl/N-ethyl adjacent to an activating group) is 1. The molecule has 2 amide bonds. The molecule has 0 aliphatic carbocycles. The molecule has 0 heterocycles. The number of anilines is 1. The Balaban J connectivity index is 1.80. The minimum absolute atomic E-state index is 0.0595. The molecule has 5 nitrogen and oxygen atoms in total. The van der Waals surface area contributed by atoms with Crippen molar-refractivity contribution >= 4 is 52.5 Å². The van der Waals surface area contributed by atoms with Crippen molar-refractivity contribution in [2.24, 2.45) is 0 Å². The van der Waals surface area contributed by atoms with Gasteiger partial charge in [0.05, 0.1) is 25.1 Å². The third-order valence-corrected chi connectivity index (χ3v) is 5.13. The Morgan fingerprint density at radius 1 is 1.11 bits per heavy atom. The normalized spacial score (nSPS) is 10.4. The number of nitrogens with zero attached hydrogens (tertiary/aromatic N) is 1. The maximum atomic E-state index is 12.2. The molecule has 0 aliphatic rings. The number of ether oxygens (including phenoxy) is 1. The number of amides is 2. The Morgan fingerprint density at radius 2 is 1.78 bits per heavy atom. The van der Waals surface area contributed by atoms with E-state index in [1.165, 1.54) is 23.8 Å². The first-order valence-electron chi connectivity index (χ1n) is 8.08. The Labute approximate surface area is 173 Å². The number of hydrogen-bond donors (Lipinski definition) is 1. The van der Waals surface area contributed by atoms with Crippen LogP contribution in [-0.2, 0) is 15.3 Å². The molecule has 2 rings (SSSR count). The average molecular weight is 427 g/mol. The number of carbonyl (C=O) groups excluding carboxylic acids is 2. The SMILES string of the molecule is COc1ccc(Cl)cc1NC(=O)CN(C)C(=O)CSCc1ccc(Cl)cc1. The lowest BCUT2D eigenvalue weighted by Gasteiger charge is -2.17. The summed E-state index contributed by atoms with van der Waals surface area (Å²) in [5.74, 6) is 1.03. The number of carbonyl (C=O) groups is 2. The highest BCUT2D eigenvalue weighted by molar-refractivity contribution is 7.99. The van der Waals surface area contributed by atoms with Crippen LogP contribution in [-0.4, -0.2) is 43.2 Å². The van der Waals surface area contributed by atoms with Crippen LogP contribution in [0, 0.1) is 0 Å². The zero-order chi connectivity index (χ0) is 19.8. The van der Waals surface area contributed by atoms with Crippen molar-refractivity contribution in [1.29, 1.82) is 0 Å². The molecular formula is C19H20Cl2N2O3S. The number of methoxy groups -OCH3 is 1. The van der Waals surface area contributed by atoms with Crippen LogP contribution in [0.25, 0.3) is 0 Å². The highest BCUT2D eigenvalue weighted by Gasteiger charge is 2.15. The maximum absolute atomic E-state index is 12.2. The standard InChI is InChI=1S/C19H20Cl2N2O3S/c1-23(19(25)12-27-11-13-3-5-14(20)6-4-13)10-18(24)22-16-9-15(21)7-8-17(16)26-2/h3-9H,10-12H2,1-2H3,(H,22,24). The molecule has 0 aromatic heterocycles. The number of halogens is 2. The zero-order valence-electron chi connectivity index (χ0n) is 15.0. The van der Waals surface area contributed by atoms with Crippen LogP contribution < -0.4 is 10.1 Å². The van der Waals surface area contributed by atoms with Crippen LogP contribution in [0.3, 0.4) is 0 Å². The molecule has 0 saturated heterocycles. The van der Waals surface area contributed by atoms with Gasteiger partial charge < -0.3 is 15.0 Å². The van der Waals surface area contributed by atoms with Crippen LogP contribution in [0.15, 0.2) is 42.5 Å². The fourth-order valence-electron chi connectivity index (χ4n) is 2.22. The number of nitrogens with one attached hydrogen (secondary N) is 1. The van der Waals surface area contributed by atoms with Gasteiger partial charge in [0.1, 0.15) is 5.75 Å². The fraction of sp³-hybridized carbons (Fsp3) is 0.263. The molecular weight excluding hydrogens is 407 g/mol. The molecule has 0 fully saturated rings. The van der Waals surface area contributed by atoms with E-state index in [9.17, 15) is 9.59 Å². The van der Waals surface area contributed by atoms with E-state index >= 15 is 0 Å². The van der Waals surface area contributed by atoms with Crippen molar-refractivity contribution in [3.05, 3.63) is 58.1 Å². The lowest BCUT2D eigenvalue weighted by atomic mass is 10.2. The smallest absolute Gasteiger partial charge is 0.244 e. The van der Waals surface area contributed by atoms with E-state index in [4.69, 9.17) is 27.9 Å². The summed E-state index contributed by atoms with van der Waals surface area (Å²) < 4.78 is 5.19. The molecule has 8 heteroatoms. The second kappa shape index (κ2) is 10.4. The van der Waals surface area contributed by atoms with E-state index in [-0.39, 0.29) is 24.1 Å². The molecule has 27 heavy (non-hydrogen) atoms. The lowest BCUT2D eigenvalue weighted by molar-refractivity contribution is -0.131. The second-order valence-corrected chi connectivity index (χ2v) is 7.62. The molecule has 0 bridgehead atoms. The minimum atomic E-state index is -0.325. The van der Waals surface area contributed by atoms with Gasteiger partial charge in [-0.3, -0.25) is 9.59 Å². The van der Waals surface area contributed by atoms with Crippen molar-refractivity contribution in [3.63, 3.8) is 0 Å². The van der Waals surface area contributed by atoms with E-state index in [0.29, 0.717) is 27.2 Å². The highest BCUT2D eigenvalue weighted by Crippen LogP contribution is 2.27. The van der Waals surface area contributed by atoms with Gasteiger partial charge in [0.25, 0.3) is 0 Å². The summed E-state index contributed by atoms with van der Waals surface area (Å²) >= 11 is 13.3. The first kappa shape index (κ1) is 21.4. The van der Waals surface area contributed by atoms with E-state index in [1.54, 1.807) is 25.2 Å². The predicted octanol–water partition coefficient (Wildman–Crippen LogP) is 4.33. The summed E-state index contributed by atoms with van der Waals surface area (Å²) in [4.78, 5) is 25.8. The third-order valence-electron chi connectivity index (χ3n) is 3.65. The van der Waals surface area contributed by atoms with Gasteiger partial charge in [-0.2, -0.15) is 0 Å². The van der Waals surface area contributed by atoms with Gasteiger partial charge in [-0.25, -0.2) is 0 Å². The summed E-state index contributed by atoms with van der Waals surface area (Å²) in [6, 6.07) is 12.4. The lowest BCUT2D eigenvalue weighted by Crippen LogP contribution is -2.36. The van der Waals surface area contributed by atoms with Crippen molar-refractivity contribution < 1.29 is 14.3 Å². The number of hydrogen-bond acceptors (Lipinski definition) is 4. The fourth-order valence-corrected chi connectivity index (χ4v) is 3.44. The Bertz CT molecular complexity index is 800. The summed E-state index contributed by atoms with van der Waals surface area (Å²) in [6.45, 7) is -0.0595. The van der Waals surface area contributed by atoms with E-state index in [1.807, 2.05) is 24.3 Å². The second-order valence-electron chi connectivity index (χ2n) is 5.76. The Kier molecular flexibility index (Phi) is 8.28. The van der Waals surface area contributed by atoms with Crippen molar-refractivity contribution in [3.8, 4) is 5.75 Å². The van der Waals surface area contributed by atoms with E-state index in [0.717, 1.165) is 5.56 Å². The first-order chi connectivity index (χ1) is 12.9. The summed E-state index contributed by atoms with van der Waals surface area (Å²) in [5.41, 5.74) is 1.55. The molecule has 144 valence electrons. The van der Waals surface area contributed by atoms with Crippen molar-refractivity contribution in [2.75, 3.05) is 31.8 Å². The average Bonchev–Trinajstić information content (AvgIpc) is 2.63. The van der Waals surface area contributed by atoms with Crippen LogP contribution >= 0.6 is 35.0 Å². The molecule has 0 radical (unpaired) electrons. The first-order valence-corrected chi connectivity index (χ1v) is 9.99. The number of rotatable bonds is 8. The molecule has 0 saturated carbocycles. The minimum Gasteiger partial charge on any atom is -0.495 e. The summed E-state index contributed by atoms with van der Waals surface area (Å²) in [5, 5.41) is 3.88. The molecule has 2 aromatic carbocycles. The van der Waals surface area contributed by atoms with Crippen LogP contribution in [0.1, 0.15) is 5.56 Å². The number of benzene rings is 2. The van der Waals surface area contributed by atoms with Gasteiger partial charge in [0.15, 0.2) is 0 Å². The van der Waals surface area contributed by atoms with Gasteiger partial charge in [-0.1, -0.05) is 35.3 Å². The zero-order valence-corrected chi connectivity index (χ0v) is 17.3. The molecule has 0 unspecified atom stereocenters. The van der Waals surface area contributed by atoms with Crippen LogP contribution in [0.5, 0.6) is 5.75 Å². The monoisotopic (exact) mass is 426 g/mol. The van der Waals surface area contributed by atoms with Gasteiger partial charge in [0, 0.05) is 22.8 Å². The maximum Gasteiger partial charge on any atom is 0.244 e. The molecule has 1 N–H and O–H groups in total. The van der Waals surface area contributed by atoms with Crippen LogP contribution in [0.4, 0.5) is 5.69 Å². The molecule has 0 atom stereocenters. The third kappa shape index (κ3) is 6.97. The van der Waals surface area contributed by atoms with Crippen molar-refractivity contribution in [2.45, 2.75) is 5.75 Å². The van der Waals surface area contributed by atoms with Gasteiger partial charge in [-0.15, -0.1) is 11.8 Å². The molecule has 0 spiro atoms. The Hall–Kier alpha value is -1.89. The highest BCUT2D eigenvalue weighted by atomic mass is 35.5. The summed E-state index contributed by atoms with van der Waals surface area (Å²) in [6.07, 6.45) is 0. The predicted molar refractivity (Wildman–Crippen MR) is 112 cm³/mol. The van der Waals surface area contributed by atoms with Gasteiger partial charge >= 0.3 is 0 Å². The molecule has 0 aliphatic heterocycles. The van der Waals surface area contributed by atoms with E-state index < -0.39 is 0 Å². The topological polar surface area (TPSA) is 58.6 Å². The molecule has 2 aromatic rings.